The van der Waals surface area contributed by atoms with E-state index < -0.39 is 17.8 Å². The number of para-hydroxylation sites is 1. The first-order chi connectivity index (χ1) is 16.1. The zero-order valence-electron chi connectivity index (χ0n) is 17.9. The number of amides is 2. The molecule has 34 heavy (non-hydrogen) atoms. The summed E-state index contributed by atoms with van der Waals surface area (Å²) in [7, 11) is 0. The van der Waals surface area contributed by atoms with Crippen LogP contribution in [-0.2, 0) is 9.59 Å². The summed E-state index contributed by atoms with van der Waals surface area (Å²) in [4.78, 5) is 38.9. The minimum atomic E-state index is -1.06. The maximum Gasteiger partial charge on any atom is 0.337 e. The summed E-state index contributed by atoms with van der Waals surface area (Å²) in [5, 5.41) is 12.6. The van der Waals surface area contributed by atoms with Gasteiger partial charge in [0.1, 0.15) is 5.57 Å². The van der Waals surface area contributed by atoms with Gasteiger partial charge in [-0.05, 0) is 74.1 Å². The van der Waals surface area contributed by atoms with Crippen LogP contribution in [0.4, 0.5) is 5.69 Å². The Morgan fingerprint density at radius 3 is 2.44 bits per heavy atom. The lowest BCUT2D eigenvalue weighted by atomic mass is 10.1. The molecule has 3 aromatic rings. The number of carbonyl (C=O) groups excluding carboxylic acids is 2. The number of halogens is 2. The molecule has 172 valence electrons. The predicted octanol–water partition coefficient (Wildman–Crippen LogP) is 4.93. The smallest absolute Gasteiger partial charge is 0.337 e. The molecule has 0 bridgehead atoms. The molecule has 10 heteroatoms. The lowest BCUT2D eigenvalue weighted by Gasteiger charge is -2.29. The molecule has 0 atom stereocenters. The van der Waals surface area contributed by atoms with Crippen molar-refractivity contribution in [2.75, 3.05) is 4.90 Å². The van der Waals surface area contributed by atoms with E-state index in [-0.39, 0.29) is 21.3 Å². The maximum absolute atomic E-state index is 13.3. The highest BCUT2D eigenvalue weighted by Gasteiger charge is 2.35. The molecule has 1 saturated heterocycles. The molecular formula is C24H17Cl2N3O4S. The summed E-state index contributed by atoms with van der Waals surface area (Å²) < 4.78 is 1.77. The third-order valence-electron chi connectivity index (χ3n) is 5.41. The number of carbonyl (C=O) groups is 3. The molecule has 1 aliphatic rings. The van der Waals surface area contributed by atoms with Gasteiger partial charge in [0, 0.05) is 11.4 Å². The fourth-order valence-electron chi connectivity index (χ4n) is 3.83. The van der Waals surface area contributed by atoms with Crippen molar-refractivity contribution >= 4 is 70.1 Å². The van der Waals surface area contributed by atoms with Crippen LogP contribution in [0.25, 0.3) is 11.8 Å². The van der Waals surface area contributed by atoms with Crippen LogP contribution >= 0.6 is 35.4 Å². The third-order valence-corrected chi connectivity index (χ3v) is 6.43. The second kappa shape index (κ2) is 9.06. The second-order valence-corrected chi connectivity index (χ2v) is 8.74. The van der Waals surface area contributed by atoms with Crippen molar-refractivity contribution in [2.45, 2.75) is 13.8 Å². The summed E-state index contributed by atoms with van der Waals surface area (Å²) in [5.41, 5.74) is 2.81. The Hall–Kier alpha value is -3.46. The molecule has 7 nitrogen and oxygen atoms in total. The quantitative estimate of drug-likeness (QED) is 0.293. The first kappa shape index (κ1) is 23.7. The van der Waals surface area contributed by atoms with Crippen LogP contribution in [-0.4, -0.2) is 32.6 Å². The summed E-state index contributed by atoms with van der Waals surface area (Å²) in [6, 6.07) is 13.0. The molecule has 2 aromatic carbocycles. The van der Waals surface area contributed by atoms with E-state index in [9.17, 15) is 19.5 Å². The highest BCUT2D eigenvalue weighted by atomic mass is 35.5. The van der Waals surface area contributed by atoms with E-state index in [0.29, 0.717) is 27.7 Å². The number of nitrogens with one attached hydrogen (secondary N) is 1. The number of nitrogens with zero attached hydrogens (tertiary/aromatic N) is 2. The molecule has 1 fully saturated rings. The summed E-state index contributed by atoms with van der Waals surface area (Å²) in [6.45, 7) is 3.60. The van der Waals surface area contributed by atoms with Crippen molar-refractivity contribution in [3.63, 3.8) is 0 Å². The number of carboxylic acid groups (broad SMARTS) is 1. The molecular weight excluding hydrogens is 497 g/mol. The number of aromatic nitrogens is 1. The Kier molecular flexibility index (Phi) is 6.31. The van der Waals surface area contributed by atoms with Crippen LogP contribution in [0, 0.1) is 13.8 Å². The van der Waals surface area contributed by atoms with Crippen LogP contribution in [0.2, 0.25) is 10.0 Å². The zero-order chi connectivity index (χ0) is 24.7. The summed E-state index contributed by atoms with van der Waals surface area (Å²) >= 11 is 17.3. The van der Waals surface area contributed by atoms with E-state index in [4.69, 9.17) is 35.4 Å². The molecule has 2 N–H and O–H groups in total. The third kappa shape index (κ3) is 4.11. The zero-order valence-corrected chi connectivity index (χ0v) is 20.3. The minimum absolute atomic E-state index is 0.0774. The molecule has 0 aliphatic carbocycles. The average molecular weight is 514 g/mol. The number of rotatable bonds is 4. The van der Waals surface area contributed by atoms with E-state index >= 15 is 0 Å². The number of benzene rings is 2. The van der Waals surface area contributed by atoms with Crippen molar-refractivity contribution in [1.82, 2.24) is 9.88 Å². The Labute approximate surface area is 210 Å². The molecule has 1 aromatic heterocycles. The normalized spacial score (nSPS) is 15.1. The van der Waals surface area contributed by atoms with Crippen molar-refractivity contribution in [2.24, 2.45) is 0 Å². The van der Waals surface area contributed by atoms with Gasteiger partial charge in [-0.3, -0.25) is 19.8 Å². The summed E-state index contributed by atoms with van der Waals surface area (Å²) in [6.07, 6.45) is 1.46. The Bertz CT molecular complexity index is 1430. The molecule has 0 radical (unpaired) electrons. The maximum atomic E-state index is 13.3. The Morgan fingerprint density at radius 2 is 1.76 bits per heavy atom. The van der Waals surface area contributed by atoms with Crippen LogP contribution in [0.3, 0.4) is 0 Å². The van der Waals surface area contributed by atoms with Crippen LogP contribution in [0.15, 0.2) is 54.1 Å². The number of aryl methyl sites for hydroxylation is 1. The van der Waals surface area contributed by atoms with Gasteiger partial charge in [0.2, 0.25) is 0 Å². The molecule has 0 unspecified atom stereocenters. The number of hydrogen-bond acceptors (Lipinski definition) is 4. The standard InChI is InChI=1S/C24H17Cl2N3O4S/c1-12-9-14(13(2)28(12)20-6-4-3-5-16(20)23(32)33)10-17-21(30)27-24(34)29(22(17)31)15-7-8-18(25)19(26)11-15/h3-11H,1-2H3,(H,32,33)(H,27,30,34)/b17-10+. The number of aromatic carboxylic acids is 1. The lowest BCUT2D eigenvalue weighted by Crippen LogP contribution is -2.54. The van der Waals surface area contributed by atoms with Crippen LogP contribution < -0.4 is 10.2 Å². The van der Waals surface area contributed by atoms with Crippen molar-refractivity contribution < 1.29 is 19.5 Å². The van der Waals surface area contributed by atoms with E-state index in [2.05, 4.69) is 5.32 Å². The molecule has 1 aliphatic heterocycles. The van der Waals surface area contributed by atoms with Crippen molar-refractivity contribution in [3.8, 4) is 5.69 Å². The molecule has 0 saturated carbocycles. The van der Waals surface area contributed by atoms with Gasteiger partial charge >= 0.3 is 5.97 Å². The fourth-order valence-corrected chi connectivity index (χ4v) is 4.40. The number of carboxylic acids is 1. The fraction of sp³-hybridized carbons (Fsp3) is 0.0833. The van der Waals surface area contributed by atoms with Gasteiger partial charge in [-0.15, -0.1) is 0 Å². The Morgan fingerprint density at radius 1 is 1.06 bits per heavy atom. The monoisotopic (exact) mass is 513 g/mol. The van der Waals surface area contributed by atoms with Crippen LogP contribution in [0.1, 0.15) is 27.3 Å². The minimum Gasteiger partial charge on any atom is -0.478 e. The summed E-state index contributed by atoms with van der Waals surface area (Å²) in [5.74, 6) is -2.32. The van der Waals surface area contributed by atoms with Gasteiger partial charge in [-0.1, -0.05) is 35.3 Å². The second-order valence-electron chi connectivity index (χ2n) is 7.54. The lowest BCUT2D eigenvalue weighted by molar-refractivity contribution is -0.122. The first-order valence-corrected chi connectivity index (χ1v) is 11.1. The van der Waals surface area contributed by atoms with Crippen molar-refractivity contribution in [1.29, 1.82) is 0 Å². The van der Waals surface area contributed by atoms with Gasteiger partial charge < -0.3 is 9.67 Å². The van der Waals surface area contributed by atoms with Crippen LogP contribution in [0.5, 0.6) is 0 Å². The van der Waals surface area contributed by atoms with Gasteiger partial charge in [-0.25, -0.2) is 4.79 Å². The molecule has 4 rings (SSSR count). The van der Waals surface area contributed by atoms with E-state index in [0.717, 1.165) is 5.69 Å². The topological polar surface area (TPSA) is 91.6 Å². The van der Waals surface area contributed by atoms with Crippen molar-refractivity contribution in [3.05, 3.63) is 86.7 Å². The molecule has 2 amide bonds. The highest BCUT2D eigenvalue weighted by Crippen LogP contribution is 2.30. The largest absolute Gasteiger partial charge is 0.478 e. The first-order valence-electron chi connectivity index (χ1n) is 9.98. The Balaban J connectivity index is 1.80. The molecule has 0 spiro atoms. The SMILES string of the molecule is Cc1cc(/C=C2\C(=O)NC(=S)N(c3ccc(Cl)c(Cl)c3)C2=O)c(C)n1-c1ccccc1C(=O)O. The number of thiocarbonyl (C=S) groups is 1. The van der Waals surface area contributed by atoms with E-state index in [1.165, 1.54) is 29.2 Å². The van der Waals surface area contributed by atoms with E-state index in [1.54, 1.807) is 41.8 Å². The predicted molar refractivity (Wildman–Crippen MR) is 135 cm³/mol. The number of hydrogen-bond donors (Lipinski definition) is 2. The number of anilines is 1. The van der Waals surface area contributed by atoms with Gasteiger partial charge in [-0.2, -0.15) is 0 Å². The van der Waals surface area contributed by atoms with Gasteiger partial charge in [0.05, 0.1) is 27.0 Å². The molecule has 2 heterocycles. The van der Waals surface area contributed by atoms with E-state index in [1.807, 2.05) is 6.92 Å². The highest BCUT2D eigenvalue weighted by molar-refractivity contribution is 7.80. The average Bonchev–Trinajstić information content (AvgIpc) is 3.06. The van der Waals surface area contributed by atoms with Gasteiger partial charge in [0.25, 0.3) is 11.8 Å². The van der Waals surface area contributed by atoms with Gasteiger partial charge in [0.15, 0.2) is 5.11 Å².